The van der Waals surface area contributed by atoms with Crippen LogP contribution in [-0.2, 0) is 0 Å². The van der Waals surface area contributed by atoms with E-state index in [9.17, 15) is 4.39 Å². The zero-order chi connectivity index (χ0) is 15.7. The Bertz CT molecular complexity index is 380. The minimum Gasteiger partial charge on any atom is -0.395 e. The lowest BCUT2D eigenvalue weighted by Crippen LogP contribution is -2.38. The third kappa shape index (κ3) is 6.08. The largest absolute Gasteiger partial charge is 0.395 e. The molecule has 4 nitrogen and oxygen atoms in total. The maximum atomic E-state index is 13.0. The van der Waals surface area contributed by atoms with Crippen molar-refractivity contribution in [3.05, 3.63) is 29.8 Å². The van der Waals surface area contributed by atoms with E-state index in [2.05, 4.69) is 36.0 Å². The molecule has 0 saturated heterocycles. The van der Waals surface area contributed by atoms with Gasteiger partial charge in [0, 0.05) is 13.1 Å². The molecule has 2 unspecified atom stereocenters. The molecule has 0 fully saturated rings. The van der Waals surface area contributed by atoms with Crippen LogP contribution < -0.4 is 5.32 Å². The van der Waals surface area contributed by atoms with Crippen molar-refractivity contribution < 1.29 is 9.50 Å². The summed E-state index contributed by atoms with van der Waals surface area (Å²) in [4.78, 5) is 6.47. The first-order chi connectivity index (χ1) is 10.1. The Morgan fingerprint density at radius 3 is 2.62 bits per heavy atom. The molecule has 0 saturated carbocycles. The first-order valence-electron chi connectivity index (χ1n) is 7.80. The molecule has 1 heterocycles. The number of pyridine rings is 1. The van der Waals surface area contributed by atoms with Gasteiger partial charge in [0.1, 0.15) is 5.82 Å². The van der Waals surface area contributed by atoms with Gasteiger partial charge in [0.05, 0.1) is 24.5 Å². The average molecular weight is 297 g/mol. The van der Waals surface area contributed by atoms with Gasteiger partial charge in [0.2, 0.25) is 0 Å². The van der Waals surface area contributed by atoms with E-state index in [0.29, 0.717) is 12.5 Å². The summed E-state index contributed by atoms with van der Waals surface area (Å²) in [5.74, 6) is 0.00977. The number of halogens is 1. The SMILES string of the molecule is CCCN(CCO)CC(C)C(NCC)c1ccc(F)cn1. The van der Waals surface area contributed by atoms with Gasteiger partial charge in [-0.3, -0.25) is 4.98 Å². The molecule has 0 aromatic carbocycles. The van der Waals surface area contributed by atoms with Crippen LogP contribution in [0.2, 0.25) is 0 Å². The number of aliphatic hydroxyl groups is 1. The van der Waals surface area contributed by atoms with Gasteiger partial charge in [0.25, 0.3) is 0 Å². The van der Waals surface area contributed by atoms with Crippen LogP contribution in [0.5, 0.6) is 0 Å². The number of hydrogen-bond acceptors (Lipinski definition) is 4. The van der Waals surface area contributed by atoms with Crippen molar-refractivity contribution in [2.75, 3.05) is 32.8 Å². The van der Waals surface area contributed by atoms with Crippen LogP contribution in [0.3, 0.4) is 0 Å². The predicted octanol–water partition coefficient (Wildman–Crippen LogP) is 2.21. The molecule has 1 aromatic rings. The highest BCUT2D eigenvalue weighted by molar-refractivity contribution is 5.11. The highest BCUT2D eigenvalue weighted by atomic mass is 19.1. The van der Waals surface area contributed by atoms with E-state index in [1.807, 2.05) is 0 Å². The Morgan fingerprint density at radius 2 is 2.10 bits per heavy atom. The van der Waals surface area contributed by atoms with Gasteiger partial charge in [-0.05, 0) is 37.6 Å². The fourth-order valence-electron chi connectivity index (χ4n) is 2.65. The number of nitrogens with zero attached hydrogens (tertiary/aromatic N) is 2. The van der Waals surface area contributed by atoms with E-state index in [1.54, 1.807) is 6.07 Å². The summed E-state index contributed by atoms with van der Waals surface area (Å²) < 4.78 is 13.0. The van der Waals surface area contributed by atoms with Crippen LogP contribution in [0.4, 0.5) is 4.39 Å². The Hall–Kier alpha value is -1.04. The summed E-state index contributed by atoms with van der Waals surface area (Å²) in [6, 6.07) is 3.29. The molecular weight excluding hydrogens is 269 g/mol. The minimum absolute atomic E-state index is 0.0913. The highest BCUT2D eigenvalue weighted by Crippen LogP contribution is 2.21. The highest BCUT2D eigenvalue weighted by Gasteiger charge is 2.21. The monoisotopic (exact) mass is 297 g/mol. The molecular formula is C16H28FN3O. The average Bonchev–Trinajstić information content (AvgIpc) is 2.46. The van der Waals surface area contributed by atoms with Crippen LogP contribution in [0.25, 0.3) is 0 Å². The smallest absolute Gasteiger partial charge is 0.141 e. The molecule has 0 bridgehead atoms. The maximum absolute atomic E-state index is 13.0. The topological polar surface area (TPSA) is 48.4 Å². The van der Waals surface area contributed by atoms with E-state index < -0.39 is 0 Å². The van der Waals surface area contributed by atoms with E-state index in [-0.39, 0.29) is 18.5 Å². The van der Waals surface area contributed by atoms with Gasteiger partial charge in [-0.15, -0.1) is 0 Å². The minimum atomic E-state index is -0.311. The van der Waals surface area contributed by atoms with Gasteiger partial charge < -0.3 is 15.3 Å². The summed E-state index contributed by atoms with van der Waals surface area (Å²) in [6.45, 7) is 9.91. The molecule has 0 aliphatic heterocycles. The normalized spacial score (nSPS) is 14.4. The second kappa shape index (κ2) is 9.82. The van der Waals surface area contributed by atoms with Crippen molar-refractivity contribution in [2.45, 2.75) is 33.2 Å². The van der Waals surface area contributed by atoms with E-state index in [1.165, 1.54) is 12.3 Å². The fourth-order valence-corrected chi connectivity index (χ4v) is 2.65. The third-order valence-corrected chi connectivity index (χ3v) is 3.56. The molecule has 0 radical (unpaired) electrons. The van der Waals surface area contributed by atoms with Crippen molar-refractivity contribution in [2.24, 2.45) is 5.92 Å². The summed E-state index contributed by atoms with van der Waals surface area (Å²) >= 11 is 0. The second-order valence-electron chi connectivity index (χ2n) is 5.44. The third-order valence-electron chi connectivity index (χ3n) is 3.56. The van der Waals surface area contributed by atoms with Crippen molar-refractivity contribution in [3.8, 4) is 0 Å². The number of hydrogen-bond donors (Lipinski definition) is 2. The van der Waals surface area contributed by atoms with E-state index >= 15 is 0 Å². The van der Waals surface area contributed by atoms with Gasteiger partial charge in [0.15, 0.2) is 0 Å². The summed E-state index contributed by atoms with van der Waals surface area (Å²) in [7, 11) is 0. The summed E-state index contributed by atoms with van der Waals surface area (Å²) in [6.07, 6.45) is 2.33. The Balaban J connectivity index is 2.76. The van der Waals surface area contributed by atoms with E-state index in [0.717, 1.165) is 31.7 Å². The zero-order valence-corrected chi connectivity index (χ0v) is 13.3. The van der Waals surface area contributed by atoms with Crippen molar-refractivity contribution in [1.29, 1.82) is 0 Å². The molecule has 0 aliphatic carbocycles. The molecule has 1 aromatic heterocycles. The standard InChI is InChI=1S/C16H28FN3O/c1-4-8-20(9-10-21)12-13(3)16(18-5-2)15-7-6-14(17)11-19-15/h6-7,11,13,16,18,21H,4-5,8-10,12H2,1-3H3. The lowest BCUT2D eigenvalue weighted by molar-refractivity contribution is 0.165. The van der Waals surface area contributed by atoms with Crippen molar-refractivity contribution in [1.82, 2.24) is 15.2 Å². The summed E-state index contributed by atoms with van der Waals surface area (Å²) in [5.41, 5.74) is 0.867. The van der Waals surface area contributed by atoms with Crippen LogP contribution in [0.15, 0.2) is 18.3 Å². The number of rotatable bonds is 10. The van der Waals surface area contributed by atoms with Crippen LogP contribution in [-0.4, -0.2) is 47.8 Å². The molecule has 5 heteroatoms. The van der Waals surface area contributed by atoms with Crippen molar-refractivity contribution >= 4 is 0 Å². The van der Waals surface area contributed by atoms with Gasteiger partial charge in [-0.1, -0.05) is 20.8 Å². The Labute approximate surface area is 127 Å². The lowest BCUT2D eigenvalue weighted by Gasteiger charge is -2.30. The van der Waals surface area contributed by atoms with Crippen LogP contribution >= 0.6 is 0 Å². The lowest BCUT2D eigenvalue weighted by atomic mass is 9.97. The number of nitrogens with one attached hydrogen (secondary N) is 1. The van der Waals surface area contributed by atoms with Gasteiger partial charge in [-0.25, -0.2) is 4.39 Å². The molecule has 21 heavy (non-hydrogen) atoms. The number of aliphatic hydroxyl groups excluding tert-OH is 1. The first kappa shape index (κ1) is 18.0. The predicted molar refractivity (Wildman–Crippen MR) is 83.6 cm³/mol. The molecule has 0 amide bonds. The maximum Gasteiger partial charge on any atom is 0.141 e. The second-order valence-corrected chi connectivity index (χ2v) is 5.44. The quantitative estimate of drug-likeness (QED) is 0.695. The van der Waals surface area contributed by atoms with Crippen LogP contribution in [0.1, 0.15) is 38.9 Å². The Morgan fingerprint density at radius 1 is 1.33 bits per heavy atom. The van der Waals surface area contributed by atoms with Crippen molar-refractivity contribution in [3.63, 3.8) is 0 Å². The molecule has 0 spiro atoms. The molecule has 1 rings (SSSR count). The van der Waals surface area contributed by atoms with Crippen LogP contribution in [0, 0.1) is 11.7 Å². The molecule has 2 atom stereocenters. The summed E-state index contributed by atoms with van der Waals surface area (Å²) in [5, 5.41) is 12.6. The molecule has 0 aliphatic rings. The Kier molecular flexibility index (Phi) is 8.42. The first-order valence-corrected chi connectivity index (χ1v) is 7.80. The van der Waals surface area contributed by atoms with Gasteiger partial charge in [-0.2, -0.15) is 0 Å². The molecule has 2 N–H and O–H groups in total. The van der Waals surface area contributed by atoms with E-state index in [4.69, 9.17) is 5.11 Å². The van der Waals surface area contributed by atoms with Gasteiger partial charge >= 0.3 is 0 Å². The molecule has 120 valence electrons. The zero-order valence-electron chi connectivity index (χ0n) is 13.3. The fraction of sp³-hybridized carbons (Fsp3) is 0.688. The number of aromatic nitrogens is 1.